The zero-order valence-electron chi connectivity index (χ0n) is 17.0. The number of likely N-dealkylation sites (tertiary alicyclic amines) is 1. The van der Waals surface area contributed by atoms with Crippen molar-refractivity contribution in [1.29, 1.82) is 0 Å². The van der Waals surface area contributed by atoms with E-state index in [0.29, 0.717) is 18.7 Å². The van der Waals surface area contributed by atoms with E-state index in [-0.39, 0.29) is 18.5 Å². The number of amides is 2. The first-order valence-electron chi connectivity index (χ1n) is 10.4. The number of hydrogen-bond donors (Lipinski definition) is 2. The number of fused-ring (bicyclic) bond motifs is 1. The zero-order valence-corrected chi connectivity index (χ0v) is 17.0. The van der Waals surface area contributed by atoms with E-state index in [4.69, 9.17) is 0 Å². The van der Waals surface area contributed by atoms with Gasteiger partial charge in [0.2, 0.25) is 0 Å². The molecule has 0 bridgehead atoms. The van der Waals surface area contributed by atoms with Gasteiger partial charge in [0.1, 0.15) is 0 Å². The minimum atomic E-state index is -0.769. The summed E-state index contributed by atoms with van der Waals surface area (Å²) >= 11 is 0. The molecule has 2 aromatic rings. The standard InChI is InChI=1S/C22H28N4O3/c1-3-5-19-18(12-23-26(19)17-9-7-15(2)8-10-17)24-21(29)25-13-16-6-4-11-22(16,14-25)20(27)28/h7-10,12,16H,3-6,11,13-14H2,1-2H3,(H,24,29)(H,27,28)/t16-,22+/m0/s1. The van der Waals surface area contributed by atoms with E-state index in [9.17, 15) is 14.7 Å². The number of carboxylic acids is 1. The van der Waals surface area contributed by atoms with Gasteiger partial charge in [0.25, 0.3) is 0 Å². The van der Waals surface area contributed by atoms with Crippen molar-refractivity contribution in [3.05, 3.63) is 41.7 Å². The van der Waals surface area contributed by atoms with Crippen LogP contribution in [0.3, 0.4) is 0 Å². The Balaban J connectivity index is 1.54. The first kappa shape index (κ1) is 19.5. The Kier molecular flexibility index (Phi) is 5.06. The fraction of sp³-hybridized carbons (Fsp3) is 0.500. The number of benzene rings is 1. The maximum Gasteiger partial charge on any atom is 0.321 e. The maximum absolute atomic E-state index is 12.9. The second-order valence-corrected chi connectivity index (χ2v) is 8.36. The Morgan fingerprint density at radius 2 is 2.07 bits per heavy atom. The number of urea groups is 1. The summed E-state index contributed by atoms with van der Waals surface area (Å²) in [4.78, 5) is 26.5. The number of carbonyl (C=O) groups is 2. The van der Waals surface area contributed by atoms with Crippen molar-refractivity contribution in [3.8, 4) is 5.69 Å². The number of aromatic nitrogens is 2. The lowest BCUT2D eigenvalue weighted by atomic mass is 9.81. The lowest BCUT2D eigenvalue weighted by Gasteiger charge is -2.23. The summed E-state index contributed by atoms with van der Waals surface area (Å²) in [6, 6.07) is 7.89. The van der Waals surface area contributed by atoms with Crippen molar-refractivity contribution >= 4 is 17.7 Å². The average Bonchev–Trinajstić information content (AvgIpc) is 3.36. The molecule has 1 aliphatic carbocycles. The lowest BCUT2D eigenvalue weighted by Crippen LogP contribution is -2.38. The number of carbonyl (C=O) groups excluding carboxylic acids is 1. The molecule has 1 aromatic heterocycles. The Morgan fingerprint density at radius 3 is 2.72 bits per heavy atom. The molecule has 1 saturated heterocycles. The molecular weight excluding hydrogens is 368 g/mol. The van der Waals surface area contributed by atoms with Gasteiger partial charge in [-0.3, -0.25) is 4.79 Å². The van der Waals surface area contributed by atoms with Crippen LogP contribution >= 0.6 is 0 Å². The van der Waals surface area contributed by atoms with Crippen molar-refractivity contribution < 1.29 is 14.7 Å². The van der Waals surface area contributed by atoms with Gasteiger partial charge >= 0.3 is 12.0 Å². The Hall–Kier alpha value is -2.83. The Bertz CT molecular complexity index is 921. The van der Waals surface area contributed by atoms with Gasteiger partial charge < -0.3 is 15.3 Å². The molecule has 0 unspecified atom stereocenters. The van der Waals surface area contributed by atoms with E-state index < -0.39 is 11.4 Å². The van der Waals surface area contributed by atoms with Crippen molar-refractivity contribution in [3.63, 3.8) is 0 Å². The van der Waals surface area contributed by atoms with Gasteiger partial charge in [0.05, 0.1) is 28.7 Å². The predicted octanol–water partition coefficient (Wildman–Crippen LogP) is 3.85. The molecule has 2 N–H and O–H groups in total. The fourth-order valence-corrected chi connectivity index (χ4v) is 4.85. The molecule has 7 heteroatoms. The first-order valence-corrected chi connectivity index (χ1v) is 10.4. The number of nitrogens with one attached hydrogen (secondary N) is 1. The van der Waals surface area contributed by atoms with Crippen LogP contribution in [-0.2, 0) is 11.2 Å². The highest BCUT2D eigenvalue weighted by Gasteiger charge is 2.55. The van der Waals surface area contributed by atoms with E-state index in [0.717, 1.165) is 37.1 Å². The topological polar surface area (TPSA) is 87.5 Å². The molecule has 2 fully saturated rings. The molecule has 1 aromatic carbocycles. The third-order valence-corrected chi connectivity index (χ3v) is 6.46. The van der Waals surface area contributed by atoms with Gasteiger partial charge in [-0.05, 0) is 44.2 Å². The summed E-state index contributed by atoms with van der Waals surface area (Å²) in [5.74, 6) is -0.717. The molecular formula is C22H28N4O3. The van der Waals surface area contributed by atoms with Crippen molar-refractivity contribution in [2.45, 2.75) is 46.0 Å². The van der Waals surface area contributed by atoms with E-state index in [1.807, 2.05) is 35.9 Å². The molecule has 1 saturated carbocycles. The molecule has 2 aliphatic rings. The maximum atomic E-state index is 12.9. The van der Waals surface area contributed by atoms with Gasteiger partial charge in [-0.25, -0.2) is 9.48 Å². The molecule has 2 amide bonds. The summed E-state index contributed by atoms with van der Waals surface area (Å²) in [6.45, 7) is 4.93. The highest BCUT2D eigenvalue weighted by Crippen LogP contribution is 2.49. The Labute approximate surface area is 170 Å². The summed E-state index contributed by atoms with van der Waals surface area (Å²) in [5, 5.41) is 17.3. The normalized spacial score (nSPS) is 23.2. The molecule has 2 heterocycles. The van der Waals surface area contributed by atoms with E-state index in [1.165, 1.54) is 5.56 Å². The number of nitrogens with zero attached hydrogens (tertiary/aromatic N) is 3. The largest absolute Gasteiger partial charge is 0.481 e. The molecule has 0 spiro atoms. The summed E-state index contributed by atoms with van der Waals surface area (Å²) in [5.41, 5.74) is 3.02. The van der Waals surface area contributed by atoms with Crippen molar-refractivity contribution in [2.75, 3.05) is 18.4 Å². The molecule has 29 heavy (non-hydrogen) atoms. The minimum Gasteiger partial charge on any atom is -0.481 e. The van der Waals surface area contributed by atoms with E-state index >= 15 is 0 Å². The second-order valence-electron chi connectivity index (χ2n) is 8.36. The van der Waals surface area contributed by atoms with E-state index in [1.54, 1.807) is 11.1 Å². The van der Waals surface area contributed by atoms with Gasteiger partial charge in [-0.15, -0.1) is 0 Å². The summed E-state index contributed by atoms with van der Waals surface area (Å²) < 4.78 is 1.87. The number of rotatable bonds is 5. The zero-order chi connectivity index (χ0) is 20.6. The van der Waals surface area contributed by atoms with Crippen LogP contribution in [0.15, 0.2) is 30.5 Å². The molecule has 7 nitrogen and oxygen atoms in total. The van der Waals surface area contributed by atoms with Gasteiger partial charge in [-0.1, -0.05) is 37.5 Å². The van der Waals surface area contributed by atoms with Gasteiger partial charge in [0.15, 0.2) is 0 Å². The predicted molar refractivity (Wildman–Crippen MR) is 110 cm³/mol. The van der Waals surface area contributed by atoms with Gasteiger partial charge in [0, 0.05) is 13.1 Å². The SMILES string of the molecule is CCCc1c(NC(=O)N2C[C@@H]3CCC[C@@]3(C(=O)O)C2)cnn1-c1ccc(C)cc1. The summed E-state index contributed by atoms with van der Waals surface area (Å²) in [6.07, 6.45) is 5.86. The van der Waals surface area contributed by atoms with Gasteiger partial charge in [-0.2, -0.15) is 5.10 Å². The monoisotopic (exact) mass is 396 g/mol. The third-order valence-electron chi connectivity index (χ3n) is 6.46. The highest BCUT2D eigenvalue weighted by molar-refractivity contribution is 5.91. The van der Waals surface area contributed by atoms with Crippen LogP contribution in [0.1, 0.15) is 43.9 Å². The van der Waals surface area contributed by atoms with Crippen LogP contribution in [0, 0.1) is 18.3 Å². The molecule has 2 atom stereocenters. The number of aryl methyl sites for hydroxylation is 1. The van der Waals surface area contributed by atoms with Crippen molar-refractivity contribution in [1.82, 2.24) is 14.7 Å². The smallest absolute Gasteiger partial charge is 0.321 e. The molecule has 4 rings (SSSR count). The lowest BCUT2D eigenvalue weighted by molar-refractivity contribution is -0.149. The Morgan fingerprint density at radius 1 is 1.31 bits per heavy atom. The number of hydrogen-bond acceptors (Lipinski definition) is 3. The van der Waals surface area contributed by atoms with E-state index in [2.05, 4.69) is 17.3 Å². The number of aliphatic carboxylic acids is 1. The molecule has 1 aliphatic heterocycles. The van der Waals surface area contributed by atoms with Crippen LogP contribution in [0.4, 0.5) is 10.5 Å². The fourth-order valence-electron chi connectivity index (χ4n) is 4.85. The highest BCUT2D eigenvalue weighted by atomic mass is 16.4. The van der Waals surface area contributed by atoms with Crippen LogP contribution < -0.4 is 5.32 Å². The third kappa shape index (κ3) is 3.39. The molecule has 154 valence electrons. The second kappa shape index (κ2) is 7.54. The minimum absolute atomic E-state index is 0.0520. The number of carboxylic acid groups (broad SMARTS) is 1. The van der Waals surface area contributed by atoms with Crippen LogP contribution in [-0.4, -0.2) is 44.9 Å². The first-order chi connectivity index (χ1) is 13.9. The van der Waals surface area contributed by atoms with Crippen LogP contribution in [0.25, 0.3) is 5.69 Å². The van der Waals surface area contributed by atoms with Crippen LogP contribution in [0.2, 0.25) is 0 Å². The average molecular weight is 396 g/mol. The number of anilines is 1. The van der Waals surface area contributed by atoms with Crippen molar-refractivity contribution in [2.24, 2.45) is 11.3 Å². The summed E-state index contributed by atoms with van der Waals surface area (Å²) in [7, 11) is 0. The molecule has 0 radical (unpaired) electrons. The van der Waals surface area contributed by atoms with Crippen LogP contribution in [0.5, 0.6) is 0 Å². The quantitative estimate of drug-likeness (QED) is 0.804.